The highest BCUT2D eigenvalue weighted by atomic mass is 16.6. The fourth-order valence-corrected chi connectivity index (χ4v) is 6.89. The van der Waals surface area contributed by atoms with Gasteiger partial charge in [0, 0.05) is 51.2 Å². The molecule has 216 valence electrons. The van der Waals surface area contributed by atoms with E-state index in [1.54, 1.807) is 0 Å². The van der Waals surface area contributed by atoms with Gasteiger partial charge in [-0.25, -0.2) is 4.79 Å². The number of fused-ring (bicyclic) bond motifs is 2. The van der Waals surface area contributed by atoms with E-state index in [1.165, 1.54) is 34.5 Å². The highest BCUT2D eigenvalue weighted by Gasteiger charge is 2.37. The second kappa shape index (κ2) is 11.3. The number of amides is 1. The van der Waals surface area contributed by atoms with Crippen LogP contribution < -0.4 is 4.90 Å². The molecule has 8 nitrogen and oxygen atoms in total. The average molecular weight is 548 g/mol. The van der Waals surface area contributed by atoms with Crippen LogP contribution in [0.5, 0.6) is 0 Å². The zero-order valence-corrected chi connectivity index (χ0v) is 24.6. The van der Waals surface area contributed by atoms with Crippen LogP contribution in [-0.4, -0.2) is 96.4 Å². The third-order valence-corrected chi connectivity index (χ3v) is 9.09. The van der Waals surface area contributed by atoms with E-state index in [0.29, 0.717) is 12.6 Å². The molecule has 1 amide bonds. The number of pyridine rings is 1. The minimum Gasteiger partial charge on any atom is -0.444 e. The SMILES string of the molecule is CN(C[C@H]1Cc2c(cccc2N2CCN(C3COC3)CC2)CN1C(=O)OC(C)(C)C)[C@H]1CCCc2cccnc21. The smallest absolute Gasteiger partial charge is 0.410 e. The predicted octanol–water partition coefficient (Wildman–Crippen LogP) is 4.27. The number of likely N-dealkylation sites (N-methyl/N-ethyl adjacent to an activating group) is 1. The summed E-state index contributed by atoms with van der Waals surface area (Å²) in [6.07, 6.45) is 5.88. The van der Waals surface area contributed by atoms with Crippen LogP contribution >= 0.6 is 0 Å². The van der Waals surface area contributed by atoms with Gasteiger partial charge in [0.25, 0.3) is 0 Å². The fraction of sp³-hybridized carbons (Fsp3) is 0.625. The van der Waals surface area contributed by atoms with E-state index in [4.69, 9.17) is 14.5 Å². The van der Waals surface area contributed by atoms with Gasteiger partial charge in [-0.15, -0.1) is 0 Å². The number of aromatic nitrogens is 1. The van der Waals surface area contributed by atoms with E-state index in [-0.39, 0.29) is 18.2 Å². The zero-order valence-electron chi connectivity index (χ0n) is 24.6. The van der Waals surface area contributed by atoms with Gasteiger partial charge in [-0.2, -0.15) is 0 Å². The van der Waals surface area contributed by atoms with Crippen molar-refractivity contribution in [2.24, 2.45) is 0 Å². The van der Waals surface area contributed by atoms with Gasteiger partial charge in [0.05, 0.1) is 37.0 Å². The van der Waals surface area contributed by atoms with E-state index in [2.05, 4.69) is 46.0 Å². The lowest BCUT2D eigenvalue weighted by Crippen LogP contribution is -2.57. The summed E-state index contributed by atoms with van der Waals surface area (Å²) in [5, 5.41) is 0. The Morgan fingerprint density at radius 3 is 2.60 bits per heavy atom. The number of piperazine rings is 1. The van der Waals surface area contributed by atoms with Crippen molar-refractivity contribution >= 4 is 11.8 Å². The third kappa shape index (κ3) is 5.71. The summed E-state index contributed by atoms with van der Waals surface area (Å²) in [5.74, 6) is 0. The summed E-state index contributed by atoms with van der Waals surface area (Å²) in [6, 6.07) is 11.8. The van der Waals surface area contributed by atoms with Gasteiger partial charge < -0.3 is 14.4 Å². The van der Waals surface area contributed by atoms with Gasteiger partial charge in [0.15, 0.2) is 0 Å². The monoisotopic (exact) mass is 547 g/mol. The molecule has 4 heterocycles. The van der Waals surface area contributed by atoms with Crippen LogP contribution in [0.1, 0.15) is 62.0 Å². The van der Waals surface area contributed by atoms with Crippen LogP contribution in [0.25, 0.3) is 0 Å². The average Bonchev–Trinajstić information content (AvgIpc) is 2.90. The Hall–Kier alpha value is -2.68. The van der Waals surface area contributed by atoms with Crippen molar-refractivity contribution in [1.82, 2.24) is 19.7 Å². The number of benzene rings is 1. The van der Waals surface area contributed by atoms with E-state index in [0.717, 1.165) is 65.2 Å². The molecule has 0 saturated carbocycles. The molecule has 2 fully saturated rings. The summed E-state index contributed by atoms with van der Waals surface area (Å²) in [5.41, 5.74) is 5.99. The van der Waals surface area contributed by atoms with E-state index < -0.39 is 5.60 Å². The number of ether oxygens (including phenoxy) is 2. The summed E-state index contributed by atoms with van der Waals surface area (Å²) >= 11 is 0. The molecule has 0 unspecified atom stereocenters. The maximum absolute atomic E-state index is 13.6. The molecular formula is C32H45N5O3. The number of hydrogen-bond acceptors (Lipinski definition) is 7. The van der Waals surface area contributed by atoms with Crippen LogP contribution in [0, 0.1) is 0 Å². The van der Waals surface area contributed by atoms with Crippen molar-refractivity contribution in [3.8, 4) is 0 Å². The highest BCUT2D eigenvalue weighted by molar-refractivity contribution is 5.70. The molecule has 6 rings (SSSR count). The molecule has 1 aromatic heterocycles. The first-order chi connectivity index (χ1) is 19.3. The Labute approximate surface area is 239 Å². The minimum atomic E-state index is -0.535. The lowest BCUT2D eigenvalue weighted by atomic mass is 9.89. The zero-order chi connectivity index (χ0) is 27.9. The number of nitrogens with zero attached hydrogens (tertiary/aromatic N) is 5. The lowest BCUT2D eigenvalue weighted by Gasteiger charge is -2.45. The molecule has 0 spiro atoms. The topological polar surface area (TPSA) is 61.4 Å². The first-order valence-electron chi connectivity index (χ1n) is 15.1. The van der Waals surface area contributed by atoms with Crippen LogP contribution in [0.15, 0.2) is 36.5 Å². The number of carbonyl (C=O) groups excluding carboxylic acids is 1. The minimum absolute atomic E-state index is 0.0241. The van der Waals surface area contributed by atoms with Crippen molar-refractivity contribution in [2.45, 2.75) is 76.7 Å². The van der Waals surface area contributed by atoms with Gasteiger partial charge in [0.2, 0.25) is 0 Å². The Kier molecular flexibility index (Phi) is 7.77. The van der Waals surface area contributed by atoms with Gasteiger partial charge in [-0.1, -0.05) is 18.2 Å². The molecule has 40 heavy (non-hydrogen) atoms. The normalized spacial score (nSPS) is 23.9. The Morgan fingerprint density at radius 2 is 1.88 bits per heavy atom. The van der Waals surface area contributed by atoms with E-state index >= 15 is 0 Å². The molecule has 2 saturated heterocycles. The summed E-state index contributed by atoms with van der Waals surface area (Å²) < 4.78 is 11.4. The van der Waals surface area contributed by atoms with Gasteiger partial charge in [-0.3, -0.25) is 19.7 Å². The molecule has 0 N–H and O–H groups in total. The first-order valence-corrected chi connectivity index (χ1v) is 15.1. The maximum atomic E-state index is 13.6. The van der Waals surface area contributed by atoms with E-state index in [9.17, 15) is 4.79 Å². The molecule has 8 heteroatoms. The van der Waals surface area contributed by atoms with Crippen molar-refractivity contribution in [1.29, 1.82) is 0 Å². The van der Waals surface area contributed by atoms with Crippen molar-refractivity contribution in [2.75, 3.05) is 57.9 Å². The second-order valence-corrected chi connectivity index (χ2v) is 13.0. The van der Waals surface area contributed by atoms with Crippen molar-refractivity contribution < 1.29 is 14.3 Å². The molecule has 3 aliphatic heterocycles. The second-order valence-electron chi connectivity index (χ2n) is 13.0. The number of anilines is 1. The highest BCUT2D eigenvalue weighted by Crippen LogP contribution is 2.36. The molecule has 4 aliphatic rings. The Morgan fingerprint density at radius 1 is 1.10 bits per heavy atom. The quantitative estimate of drug-likeness (QED) is 0.554. The Bertz CT molecular complexity index is 1200. The largest absolute Gasteiger partial charge is 0.444 e. The van der Waals surface area contributed by atoms with Crippen molar-refractivity contribution in [3.63, 3.8) is 0 Å². The molecule has 0 bridgehead atoms. The lowest BCUT2D eigenvalue weighted by molar-refractivity contribution is -0.0660. The van der Waals surface area contributed by atoms with Crippen LogP contribution in [0.3, 0.4) is 0 Å². The molecule has 1 aliphatic carbocycles. The molecule has 2 atom stereocenters. The molecule has 2 aromatic rings. The van der Waals surface area contributed by atoms with Crippen LogP contribution in [-0.2, 0) is 28.9 Å². The summed E-state index contributed by atoms with van der Waals surface area (Å²) in [7, 11) is 2.20. The number of rotatable bonds is 5. The van der Waals surface area contributed by atoms with E-state index in [1.807, 2.05) is 37.9 Å². The third-order valence-electron chi connectivity index (χ3n) is 9.09. The maximum Gasteiger partial charge on any atom is 0.410 e. The molecule has 0 radical (unpaired) electrons. The van der Waals surface area contributed by atoms with Gasteiger partial charge in [0.1, 0.15) is 5.60 Å². The number of aryl methyl sites for hydroxylation is 1. The number of carbonyl (C=O) groups is 1. The van der Waals surface area contributed by atoms with Crippen LogP contribution in [0.2, 0.25) is 0 Å². The number of hydrogen-bond donors (Lipinski definition) is 0. The van der Waals surface area contributed by atoms with Gasteiger partial charge in [-0.05, 0) is 82.3 Å². The van der Waals surface area contributed by atoms with Crippen LogP contribution in [0.4, 0.5) is 10.5 Å². The summed E-state index contributed by atoms with van der Waals surface area (Å²) in [6.45, 7) is 13.1. The molecule has 1 aromatic carbocycles. The van der Waals surface area contributed by atoms with Gasteiger partial charge >= 0.3 is 6.09 Å². The Balaban J connectivity index is 1.24. The standard InChI is InChI=1S/C32H45N5O3/c1-32(2,3)40-31(38)37-19-24-9-6-11-28(36-16-14-35(15-17-36)26-21-39-22-26)27(24)18-25(37)20-34(4)29-12-5-8-23-10-7-13-33-30(23)29/h6-7,9-11,13,25-26,29H,5,8,12,14-22H2,1-4H3/t25-,29+/m1/s1. The first kappa shape index (κ1) is 27.5. The summed E-state index contributed by atoms with van der Waals surface area (Å²) in [4.78, 5) is 27.9. The predicted molar refractivity (Wildman–Crippen MR) is 157 cm³/mol. The molecular weight excluding hydrogens is 502 g/mol. The van der Waals surface area contributed by atoms with Crippen molar-refractivity contribution in [3.05, 3.63) is 58.9 Å². The fourth-order valence-electron chi connectivity index (χ4n) is 6.89.